The molecular weight excluding hydrogens is 382 g/mol. The molecule has 0 fully saturated rings. The Bertz CT molecular complexity index is 1020. The number of hydrogen-bond donors (Lipinski definition) is 3. The topological polar surface area (TPSA) is 121 Å². The van der Waals surface area contributed by atoms with E-state index in [2.05, 4.69) is 15.3 Å². The fraction of sp³-hybridized carbons (Fsp3) is 0.0526. The molecule has 0 saturated heterocycles. The zero-order valence-corrected chi connectivity index (χ0v) is 15.5. The molecule has 1 aromatic heterocycles. The van der Waals surface area contributed by atoms with Crippen LogP contribution in [0.1, 0.15) is 17.3 Å². The van der Waals surface area contributed by atoms with Crippen molar-refractivity contribution in [1.82, 2.24) is 9.97 Å². The van der Waals surface area contributed by atoms with Crippen LogP contribution >= 0.6 is 11.6 Å². The first-order valence-electron chi connectivity index (χ1n) is 8.15. The minimum Gasteiger partial charge on any atom is -0.366 e. The van der Waals surface area contributed by atoms with Gasteiger partial charge in [0.15, 0.2) is 11.6 Å². The fourth-order valence-corrected chi connectivity index (χ4v) is 2.49. The highest BCUT2D eigenvalue weighted by Gasteiger charge is 2.15. The molecule has 0 unspecified atom stereocenters. The predicted octanol–water partition coefficient (Wildman–Crippen LogP) is 3.38. The average Bonchev–Trinajstić information content (AvgIpc) is 2.68. The van der Waals surface area contributed by atoms with Gasteiger partial charge in [0.1, 0.15) is 5.82 Å². The second-order valence-electron chi connectivity index (χ2n) is 5.84. The van der Waals surface area contributed by atoms with Crippen molar-refractivity contribution < 1.29 is 14.8 Å². The lowest BCUT2D eigenvalue weighted by molar-refractivity contribution is -0.121. The highest BCUT2D eigenvalue weighted by Crippen LogP contribution is 2.25. The number of aromatic nitrogens is 2. The van der Waals surface area contributed by atoms with E-state index in [1.54, 1.807) is 48.5 Å². The van der Waals surface area contributed by atoms with Crippen molar-refractivity contribution in [3.63, 3.8) is 0 Å². The molecule has 0 saturated carbocycles. The monoisotopic (exact) mass is 397 g/mol. The lowest BCUT2D eigenvalue weighted by Gasteiger charge is -2.15. The van der Waals surface area contributed by atoms with Gasteiger partial charge in [-0.05, 0) is 48.5 Å². The molecule has 0 spiro atoms. The summed E-state index contributed by atoms with van der Waals surface area (Å²) in [5.41, 5.74) is 6.88. The maximum absolute atomic E-state index is 11.5. The number of benzene rings is 2. The number of anilines is 3. The van der Waals surface area contributed by atoms with Crippen LogP contribution in [0.2, 0.25) is 5.02 Å². The summed E-state index contributed by atoms with van der Waals surface area (Å²) in [4.78, 5) is 31.4. The van der Waals surface area contributed by atoms with E-state index in [0.29, 0.717) is 32.7 Å². The van der Waals surface area contributed by atoms with E-state index in [4.69, 9.17) is 17.3 Å². The lowest BCUT2D eigenvalue weighted by Crippen LogP contribution is -2.25. The van der Waals surface area contributed by atoms with Crippen molar-refractivity contribution in [3.8, 4) is 11.4 Å². The first kappa shape index (κ1) is 19.3. The molecule has 9 heteroatoms. The molecule has 28 heavy (non-hydrogen) atoms. The summed E-state index contributed by atoms with van der Waals surface area (Å²) in [5.74, 6) is -0.507. The van der Waals surface area contributed by atoms with Crippen molar-refractivity contribution in [2.24, 2.45) is 5.73 Å². The molecule has 142 valence electrons. The summed E-state index contributed by atoms with van der Waals surface area (Å²) in [6.07, 6.45) is 0. The van der Waals surface area contributed by atoms with Crippen molar-refractivity contribution >= 4 is 40.7 Å². The summed E-state index contributed by atoms with van der Waals surface area (Å²) in [6, 6.07) is 14.7. The molecular formula is C19H16ClN5O3. The van der Waals surface area contributed by atoms with Crippen LogP contribution in [-0.4, -0.2) is 27.0 Å². The Balaban J connectivity index is 2.00. The molecule has 4 N–H and O–H groups in total. The number of carbonyl (C=O) groups excluding carboxylic acids is 2. The van der Waals surface area contributed by atoms with Crippen LogP contribution in [0.5, 0.6) is 0 Å². The molecule has 0 radical (unpaired) electrons. The van der Waals surface area contributed by atoms with Gasteiger partial charge >= 0.3 is 0 Å². The fourth-order valence-electron chi connectivity index (χ4n) is 2.36. The third-order valence-corrected chi connectivity index (χ3v) is 4.02. The van der Waals surface area contributed by atoms with E-state index < -0.39 is 11.8 Å². The minimum atomic E-state index is -0.600. The predicted molar refractivity (Wildman–Crippen MR) is 106 cm³/mol. The summed E-state index contributed by atoms with van der Waals surface area (Å²) < 4.78 is 0. The van der Waals surface area contributed by atoms with E-state index in [1.165, 1.54) is 13.0 Å². The molecule has 0 atom stereocenters. The third-order valence-electron chi connectivity index (χ3n) is 3.77. The zero-order valence-electron chi connectivity index (χ0n) is 14.8. The number of amides is 2. The maximum atomic E-state index is 11.5. The van der Waals surface area contributed by atoms with E-state index in [1.807, 2.05) is 0 Å². The number of nitrogens with one attached hydrogen (secondary N) is 1. The van der Waals surface area contributed by atoms with Crippen LogP contribution in [-0.2, 0) is 4.79 Å². The van der Waals surface area contributed by atoms with E-state index in [9.17, 15) is 14.8 Å². The van der Waals surface area contributed by atoms with Crippen LogP contribution in [0, 0.1) is 0 Å². The normalized spacial score (nSPS) is 10.4. The Morgan fingerprint density at radius 2 is 1.71 bits per heavy atom. The van der Waals surface area contributed by atoms with Gasteiger partial charge in [-0.25, -0.2) is 9.97 Å². The van der Waals surface area contributed by atoms with Crippen LogP contribution in [0.15, 0.2) is 54.6 Å². The van der Waals surface area contributed by atoms with E-state index in [-0.39, 0.29) is 11.6 Å². The van der Waals surface area contributed by atoms with E-state index in [0.717, 1.165) is 0 Å². The molecule has 2 aromatic carbocycles. The highest BCUT2D eigenvalue weighted by molar-refractivity contribution is 6.30. The van der Waals surface area contributed by atoms with Gasteiger partial charge in [-0.15, -0.1) is 0 Å². The number of primary amides is 1. The van der Waals surface area contributed by atoms with Crippen LogP contribution in [0.4, 0.5) is 17.3 Å². The van der Waals surface area contributed by atoms with E-state index >= 15 is 0 Å². The number of carbonyl (C=O) groups is 2. The average molecular weight is 398 g/mol. The largest absolute Gasteiger partial charge is 0.366 e. The second-order valence-corrected chi connectivity index (χ2v) is 6.28. The number of hydrogen-bond acceptors (Lipinski definition) is 6. The first-order chi connectivity index (χ1) is 13.3. The number of hydroxylamine groups is 1. The number of rotatable bonds is 5. The summed E-state index contributed by atoms with van der Waals surface area (Å²) >= 11 is 5.92. The summed E-state index contributed by atoms with van der Waals surface area (Å²) in [5, 5.41) is 14.0. The Morgan fingerprint density at radius 3 is 2.29 bits per heavy atom. The van der Waals surface area contributed by atoms with Crippen molar-refractivity contribution in [2.45, 2.75) is 6.92 Å². The highest BCUT2D eigenvalue weighted by atomic mass is 35.5. The molecule has 1 heterocycles. The molecule has 2 amide bonds. The quantitative estimate of drug-likeness (QED) is 0.448. The van der Waals surface area contributed by atoms with Crippen LogP contribution in [0.3, 0.4) is 0 Å². The Kier molecular flexibility index (Phi) is 5.53. The van der Waals surface area contributed by atoms with Gasteiger partial charge in [0.2, 0.25) is 11.8 Å². The molecule has 0 aliphatic carbocycles. The van der Waals surface area contributed by atoms with Gasteiger partial charge in [-0.1, -0.05) is 11.6 Å². The standard InChI is InChI=1S/C19H16ClN5O3/c1-11(26)25(28)17-10-16(22-15-8-4-12(5-9-15)18(21)27)23-19(24-17)13-2-6-14(20)7-3-13/h2-10,28H,1H3,(H2,21,27)(H,22,23,24). The molecule has 0 bridgehead atoms. The van der Waals surface area contributed by atoms with Crippen molar-refractivity contribution in [2.75, 3.05) is 10.4 Å². The Labute approximate surface area is 165 Å². The third kappa shape index (κ3) is 4.43. The van der Waals surface area contributed by atoms with Gasteiger partial charge in [0.05, 0.1) is 0 Å². The van der Waals surface area contributed by atoms with Gasteiger partial charge in [0, 0.05) is 34.8 Å². The lowest BCUT2D eigenvalue weighted by atomic mass is 10.2. The smallest absolute Gasteiger partial charge is 0.249 e. The number of nitrogens with zero attached hydrogens (tertiary/aromatic N) is 3. The van der Waals surface area contributed by atoms with Crippen molar-refractivity contribution in [3.05, 3.63) is 65.2 Å². The Morgan fingerprint density at radius 1 is 1.07 bits per heavy atom. The molecule has 0 aliphatic heterocycles. The van der Waals surface area contributed by atoms with Gasteiger partial charge in [-0.3, -0.25) is 14.8 Å². The molecule has 3 rings (SSSR count). The number of nitrogens with two attached hydrogens (primary N) is 1. The Hall–Kier alpha value is -3.49. The van der Waals surface area contributed by atoms with Gasteiger partial charge in [0.25, 0.3) is 0 Å². The van der Waals surface area contributed by atoms with Crippen LogP contribution in [0.25, 0.3) is 11.4 Å². The number of halogens is 1. The SMILES string of the molecule is CC(=O)N(O)c1cc(Nc2ccc(C(N)=O)cc2)nc(-c2ccc(Cl)cc2)n1. The first-order valence-corrected chi connectivity index (χ1v) is 8.53. The maximum Gasteiger partial charge on any atom is 0.249 e. The summed E-state index contributed by atoms with van der Waals surface area (Å²) in [6.45, 7) is 1.21. The van der Waals surface area contributed by atoms with Crippen molar-refractivity contribution in [1.29, 1.82) is 0 Å². The molecule has 0 aliphatic rings. The zero-order chi connectivity index (χ0) is 20.3. The van der Waals surface area contributed by atoms with Gasteiger partial charge < -0.3 is 11.1 Å². The minimum absolute atomic E-state index is 0.00343. The van der Waals surface area contributed by atoms with Gasteiger partial charge in [-0.2, -0.15) is 5.06 Å². The second kappa shape index (κ2) is 8.03. The molecule has 3 aromatic rings. The summed E-state index contributed by atoms with van der Waals surface area (Å²) in [7, 11) is 0. The molecule has 8 nitrogen and oxygen atoms in total. The van der Waals surface area contributed by atoms with Crippen LogP contribution < -0.4 is 16.1 Å².